The summed E-state index contributed by atoms with van der Waals surface area (Å²) in [6.07, 6.45) is 0. The molecule has 0 bridgehead atoms. The van der Waals surface area contributed by atoms with E-state index in [4.69, 9.17) is 5.73 Å². The number of nitro groups is 1. The van der Waals surface area contributed by atoms with Gasteiger partial charge in [0.15, 0.2) is 0 Å². The Hall–Kier alpha value is -2.67. The molecule has 110 valence electrons. The molecule has 7 nitrogen and oxygen atoms in total. The van der Waals surface area contributed by atoms with Crippen LogP contribution in [0.1, 0.15) is 12.5 Å². The topological polar surface area (TPSA) is 114 Å². The van der Waals surface area contributed by atoms with Crippen LogP contribution in [0.3, 0.4) is 0 Å². The number of rotatable bonds is 5. The lowest BCUT2D eigenvalue weighted by Crippen LogP contribution is -2.36. The van der Waals surface area contributed by atoms with E-state index in [0.717, 1.165) is 5.56 Å². The molecule has 1 aromatic carbocycles. The van der Waals surface area contributed by atoms with Crippen molar-refractivity contribution in [1.82, 2.24) is 4.98 Å². The molecule has 0 amide bonds. The number of benzene rings is 1. The molecule has 0 saturated carbocycles. The third kappa shape index (κ3) is 3.09. The predicted molar refractivity (Wildman–Crippen MR) is 79.8 cm³/mol. The van der Waals surface area contributed by atoms with E-state index in [1.54, 1.807) is 0 Å². The van der Waals surface area contributed by atoms with Gasteiger partial charge >= 0.3 is 5.69 Å². The van der Waals surface area contributed by atoms with Gasteiger partial charge in [0, 0.05) is 6.07 Å². The van der Waals surface area contributed by atoms with E-state index in [2.05, 4.69) is 10.3 Å². The highest BCUT2D eigenvalue weighted by molar-refractivity contribution is 5.58. The molecule has 2 aromatic rings. The fourth-order valence-corrected chi connectivity index (χ4v) is 1.98. The number of nitrogen functional groups attached to an aromatic ring is 1. The number of nitrogens with zero attached hydrogens (tertiary/aromatic N) is 2. The smallest absolute Gasteiger partial charge is 0.311 e. The number of nitrogens with one attached hydrogen (secondary N) is 1. The highest BCUT2D eigenvalue weighted by Gasteiger charge is 2.26. The zero-order chi connectivity index (χ0) is 15.5. The van der Waals surface area contributed by atoms with Crippen LogP contribution in [0.5, 0.6) is 0 Å². The molecule has 4 N–H and O–H groups in total. The summed E-state index contributed by atoms with van der Waals surface area (Å²) in [7, 11) is 0. The number of hydrogen-bond acceptors (Lipinski definition) is 6. The normalized spacial score (nSPS) is 13.4. The van der Waals surface area contributed by atoms with Crippen molar-refractivity contribution in [1.29, 1.82) is 0 Å². The third-order valence-electron chi connectivity index (χ3n) is 3.23. The number of aliphatic hydroxyl groups is 1. The first kappa shape index (κ1) is 14.7. The van der Waals surface area contributed by atoms with E-state index >= 15 is 0 Å². The van der Waals surface area contributed by atoms with Crippen LogP contribution in [-0.2, 0) is 5.54 Å². The van der Waals surface area contributed by atoms with Crippen molar-refractivity contribution in [3.63, 3.8) is 0 Å². The molecule has 1 aromatic heterocycles. The number of nitrogens with two attached hydrogens (primary N) is 1. The zero-order valence-corrected chi connectivity index (χ0v) is 11.5. The summed E-state index contributed by atoms with van der Waals surface area (Å²) < 4.78 is 0. The summed E-state index contributed by atoms with van der Waals surface area (Å²) >= 11 is 0. The molecule has 0 radical (unpaired) electrons. The Balaban J connectivity index is 2.31. The summed E-state index contributed by atoms with van der Waals surface area (Å²) in [6.45, 7) is 1.64. The number of pyridine rings is 1. The SMILES string of the molecule is CC(CO)(Nc1ccc([N+](=O)[O-])c(N)n1)c1ccccc1. The van der Waals surface area contributed by atoms with Gasteiger partial charge in [-0.05, 0) is 18.6 Å². The number of hydrogen-bond donors (Lipinski definition) is 3. The van der Waals surface area contributed by atoms with E-state index in [1.807, 2.05) is 37.3 Å². The molecule has 0 saturated heterocycles. The van der Waals surface area contributed by atoms with Gasteiger partial charge in [-0.2, -0.15) is 0 Å². The Morgan fingerprint density at radius 1 is 1.33 bits per heavy atom. The quantitative estimate of drug-likeness (QED) is 0.571. The van der Waals surface area contributed by atoms with E-state index < -0.39 is 10.5 Å². The maximum absolute atomic E-state index is 10.7. The third-order valence-corrected chi connectivity index (χ3v) is 3.23. The molecule has 7 heteroatoms. The minimum absolute atomic E-state index is 0.168. The van der Waals surface area contributed by atoms with Crippen LogP contribution in [0.25, 0.3) is 0 Å². The Morgan fingerprint density at radius 3 is 2.52 bits per heavy atom. The lowest BCUT2D eigenvalue weighted by atomic mass is 9.93. The van der Waals surface area contributed by atoms with Crippen LogP contribution >= 0.6 is 0 Å². The van der Waals surface area contributed by atoms with E-state index in [1.165, 1.54) is 12.1 Å². The lowest BCUT2D eigenvalue weighted by Gasteiger charge is -2.30. The lowest BCUT2D eigenvalue weighted by molar-refractivity contribution is -0.384. The number of aromatic nitrogens is 1. The van der Waals surface area contributed by atoms with Crippen LogP contribution in [0.15, 0.2) is 42.5 Å². The first-order valence-corrected chi connectivity index (χ1v) is 6.32. The maximum atomic E-state index is 10.7. The molecule has 0 aliphatic rings. The molecule has 21 heavy (non-hydrogen) atoms. The number of anilines is 2. The van der Waals surface area contributed by atoms with Gasteiger partial charge in [-0.15, -0.1) is 0 Å². The van der Waals surface area contributed by atoms with Gasteiger partial charge in [0.05, 0.1) is 17.1 Å². The molecule has 2 rings (SSSR count). The van der Waals surface area contributed by atoms with E-state index in [9.17, 15) is 15.2 Å². The first-order valence-electron chi connectivity index (χ1n) is 6.32. The van der Waals surface area contributed by atoms with Crippen LogP contribution in [0, 0.1) is 10.1 Å². The molecule has 1 atom stereocenters. The van der Waals surface area contributed by atoms with Crippen molar-refractivity contribution < 1.29 is 10.0 Å². The first-order chi connectivity index (χ1) is 9.96. The number of aliphatic hydroxyl groups excluding tert-OH is 1. The molecule has 1 unspecified atom stereocenters. The van der Waals surface area contributed by atoms with E-state index in [-0.39, 0.29) is 18.1 Å². The largest absolute Gasteiger partial charge is 0.394 e. The Bertz CT molecular complexity index is 648. The molecule has 0 spiro atoms. The zero-order valence-electron chi connectivity index (χ0n) is 11.5. The monoisotopic (exact) mass is 288 g/mol. The van der Waals surface area contributed by atoms with Gasteiger partial charge in [-0.3, -0.25) is 10.1 Å². The second-order valence-corrected chi connectivity index (χ2v) is 4.84. The molecule has 0 fully saturated rings. The van der Waals surface area contributed by atoms with Crippen molar-refractivity contribution in [3.8, 4) is 0 Å². The van der Waals surface area contributed by atoms with E-state index in [0.29, 0.717) is 5.82 Å². The van der Waals surface area contributed by atoms with Gasteiger partial charge < -0.3 is 16.2 Å². The highest BCUT2D eigenvalue weighted by atomic mass is 16.6. The van der Waals surface area contributed by atoms with Gasteiger partial charge in [0.2, 0.25) is 5.82 Å². The summed E-state index contributed by atoms with van der Waals surface area (Å²) in [5.74, 6) is 0.192. The predicted octanol–water partition coefficient (Wildman–Crippen LogP) is 1.89. The summed E-state index contributed by atoms with van der Waals surface area (Å²) in [6, 6.07) is 12.1. The van der Waals surface area contributed by atoms with Crippen molar-refractivity contribution in [2.45, 2.75) is 12.5 Å². The molecule has 1 heterocycles. The van der Waals surface area contributed by atoms with Gasteiger partial charge in [0.25, 0.3) is 0 Å². The summed E-state index contributed by atoms with van der Waals surface area (Å²) in [5.41, 5.74) is 5.42. The Kier molecular flexibility index (Phi) is 4.04. The standard InChI is InChI=1S/C14H16N4O3/c1-14(9-19,10-5-3-2-4-6-10)17-12-8-7-11(18(20)21)13(15)16-12/h2-8,19H,9H2,1H3,(H3,15,16,17). The van der Waals surface area contributed by atoms with Crippen LogP contribution in [0.4, 0.5) is 17.3 Å². The van der Waals surface area contributed by atoms with Crippen molar-refractivity contribution in [2.24, 2.45) is 0 Å². The second kappa shape index (κ2) is 5.76. The Labute approximate surface area is 121 Å². The van der Waals surface area contributed by atoms with Crippen molar-refractivity contribution >= 4 is 17.3 Å². The second-order valence-electron chi connectivity index (χ2n) is 4.84. The fraction of sp³-hybridized carbons (Fsp3) is 0.214. The van der Waals surface area contributed by atoms with Crippen molar-refractivity contribution in [3.05, 3.63) is 58.1 Å². The van der Waals surface area contributed by atoms with Gasteiger partial charge in [0.1, 0.15) is 5.82 Å². The van der Waals surface area contributed by atoms with Crippen LogP contribution in [0.2, 0.25) is 0 Å². The highest BCUT2D eigenvalue weighted by Crippen LogP contribution is 2.27. The molecule has 0 aliphatic heterocycles. The fourth-order valence-electron chi connectivity index (χ4n) is 1.98. The molecular formula is C14H16N4O3. The van der Waals surface area contributed by atoms with Gasteiger partial charge in [-0.1, -0.05) is 30.3 Å². The van der Waals surface area contributed by atoms with Crippen LogP contribution in [-0.4, -0.2) is 21.6 Å². The maximum Gasteiger partial charge on any atom is 0.311 e. The van der Waals surface area contributed by atoms with Crippen molar-refractivity contribution in [2.75, 3.05) is 17.7 Å². The molecular weight excluding hydrogens is 272 g/mol. The summed E-state index contributed by atoms with van der Waals surface area (Å²) in [5, 5.41) is 23.5. The Morgan fingerprint density at radius 2 is 2.00 bits per heavy atom. The van der Waals surface area contributed by atoms with Crippen LogP contribution < -0.4 is 11.1 Å². The van der Waals surface area contributed by atoms with Gasteiger partial charge in [-0.25, -0.2) is 4.98 Å². The minimum atomic E-state index is -0.767. The minimum Gasteiger partial charge on any atom is -0.394 e. The average molecular weight is 288 g/mol. The average Bonchev–Trinajstić information content (AvgIpc) is 2.47. The molecule has 0 aliphatic carbocycles. The summed E-state index contributed by atoms with van der Waals surface area (Å²) in [4.78, 5) is 14.1.